The Morgan fingerprint density at radius 3 is 1.04 bits per heavy atom. The molecule has 1 aliphatic rings. The molecule has 14 aromatic carbocycles. The van der Waals surface area contributed by atoms with Gasteiger partial charge in [-0.2, -0.15) is 0 Å². The van der Waals surface area contributed by atoms with Gasteiger partial charge in [0.05, 0.1) is 27.6 Å². The molecule has 2 aromatic heterocycles. The van der Waals surface area contributed by atoms with Crippen LogP contribution in [0.15, 0.2) is 300 Å². The number of fused-ring (bicyclic) bond motifs is 13. The van der Waals surface area contributed by atoms with Crippen molar-refractivity contribution in [2.75, 3.05) is 9.80 Å². The number of hydrogen-bond acceptors (Lipinski definition) is 4. The highest BCUT2D eigenvalue weighted by atomic mass is 19.1. The van der Waals surface area contributed by atoms with Crippen molar-refractivity contribution in [3.63, 3.8) is 0 Å². The first-order valence-corrected chi connectivity index (χ1v) is 32.7. The lowest BCUT2D eigenvalue weighted by atomic mass is 9.67. The number of hydrogen-bond donors (Lipinski definition) is 0. The Bertz CT molecular complexity index is 5340. The summed E-state index contributed by atoms with van der Waals surface area (Å²) in [5.41, 5.74) is 17.3. The normalized spacial score (nSPS) is 12.9. The third-order valence-electron chi connectivity index (χ3n) is 19.7. The van der Waals surface area contributed by atoms with Crippen LogP contribution >= 0.6 is 0 Å². The molecule has 1 aliphatic carbocycles. The number of benzene rings is 14. The standard InChI is InChI=1S/C89H66F2N2O2/c1-87(2,3)59-39-47-67(48-40-59)92(65-43-35-57(36-44-65)71-31-15-21-55-19-7-9-27-69(55)71)77-53-75-83(85-81(77)73-29-11-13-33-79(73)94-85)84-76(89(75,61-23-17-25-63(90)51-61)62-24-18-26-64(91)52-62)54-78(82-74-30-12-14-34-80(74)95-86(82)84)93(68-49-41-60(42-50-68)88(4,5)6)66-45-37-58(38-46-66)72-32-16-22-56-20-8-10-28-70(56)72/h7-54H,1-6H3. The van der Waals surface area contributed by atoms with Crippen molar-refractivity contribution in [3.05, 3.63) is 336 Å². The third kappa shape index (κ3) is 9.29. The quantitative estimate of drug-likeness (QED) is 0.137. The maximum absolute atomic E-state index is 17.0. The molecule has 0 spiro atoms. The molecule has 17 rings (SSSR count). The molecule has 0 amide bonds. The van der Waals surface area contributed by atoms with Gasteiger partial charge < -0.3 is 18.6 Å². The molecular weight excluding hydrogens is 1170 g/mol. The van der Waals surface area contributed by atoms with Crippen LogP contribution in [0.5, 0.6) is 0 Å². The van der Waals surface area contributed by atoms with Crippen LogP contribution in [-0.2, 0) is 16.2 Å². The predicted octanol–water partition coefficient (Wildman–Crippen LogP) is 25.3. The second-order valence-corrected chi connectivity index (χ2v) is 27.4. The first-order valence-electron chi connectivity index (χ1n) is 32.7. The van der Waals surface area contributed by atoms with E-state index in [2.05, 4.69) is 270 Å². The fourth-order valence-electron chi connectivity index (χ4n) is 15.2. The van der Waals surface area contributed by atoms with Crippen molar-refractivity contribution in [2.45, 2.75) is 57.8 Å². The minimum atomic E-state index is -1.45. The Balaban J connectivity index is 1.00. The highest BCUT2D eigenvalue weighted by molar-refractivity contribution is 6.25. The van der Waals surface area contributed by atoms with E-state index in [0.29, 0.717) is 33.5 Å². The first kappa shape index (κ1) is 57.6. The van der Waals surface area contributed by atoms with Crippen molar-refractivity contribution in [1.82, 2.24) is 0 Å². The van der Waals surface area contributed by atoms with E-state index in [0.717, 1.165) is 100 Å². The van der Waals surface area contributed by atoms with E-state index < -0.39 is 17.0 Å². The maximum atomic E-state index is 17.0. The fourth-order valence-corrected chi connectivity index (χ4v) is 15.2. The summed E-state index contributed by atoms with van der Waals surface area (Å²) in [7, 11) is 0. The summed E-state index contributed by atoms with van der Waals surface area (Å²) >= 11 is 0. The van der Waals surface area contributed by atoms with E-state index in [1.807, 2.05) is 36.4 Å². The Morgan fingerprint density at radius 2 is 0.663 bits per heavy atom. The van der Waals surface area contributed by atoms with Crippen LogP contribution < -0.4 is 9.80 Å². The summed E-state index contributed by atoms with van der Waals surface area (Å²) in [5, 5.41) is 8.25. The molecule has 0 atom stereocenters. The van der Waals surface area contributed by atoms with Crippen LogP contribution in [0.4, 0.5) is 42.9 Å². The van der Waals surface area contributed by atoms with Crippen molar-refractivity contribution < 1.29 is 17.6 Å². The zero-order chi connectivity index (χ0) is 64.5. The Labute approximate surface area is 551 Å². The highest BCUT2D eigenvalue weighted by Gasteiger charge is 2.51. The Morgan fingerprint density at radius 1 is 0.326 bits per heavy atom. The number of para-hydroxylation sites is 2. The third-order valence-corrected chi connectivity index (χ3v) is 19.7. The summed E-state index contributed by atoms with van der Waals surface area (Å²) in [6, 6.07) is 100. The largest absolute Gasteiger partial charge is 0.455 e. The molecule has 4 nitrogen and oxygen atoms in total. The van der Waals surface area contributed by atoms with Crippen LogP contribution in [0.25, 0.3) is 98.8 Å². The first-order chi connectivity index (χ1) is 46.2. The second-order valence-electron chi connectivity index (χ2n) is 27.4. The monoisotopic (exact) mass is 1230 g/mol. The van der Waals surface area contributed by atoms with Crippen molar-refractivity contribution in [1.29, 1.82) is 0 Å². The van der Waals surface area contributed by atoms with E-state index in [1.54, 1.807) is 24.3 Å². The highest BCUT2D eigenvalue weighted by Crippen LogP contribution is 2.65. The van der Waals surface area contributed by atoms with Gasteiger partial charge in [0, 0.05) is 44.6 Å². The van der Waals surface area contributed by atoms with E-state index in [-0.39, 0.29) is 10.8 Å². The van der Waals surface area contributed by atoms with Crippen LogP contribution in [0.2, 0.25) is 0 Å². The van der Waals surface area contributed by atoms with Gasteiger partial charge in [0.15, 0.2) is 0 Å². The van der Waals surface area contributed by atoms with Crippen molar-refractivity contribution >= 4 is 99.5 Å². The van der Waals surface area contributed by atoms with Crippen molar-refractivity contribution in [2.24, 2.45) is 0 Å². The van der Waals surface area contributed by atoms with Crippen LogP contribution in [0.1, 0.15) is 74.9 Å². The topological polar surface area (TPSA) is 32.8 Å². The molecular formula is C89H66F2N2O2. The van der Waals surface area contributed by atoms with E-state index in [9.17, 15) is 0 Å². The van der Waals surface area contributed by atoms with Crippen LogP contribution in [0, 0.1) is 11.6 Å². The van der Waals surface area contributed by atoms with E-state index >= 15 is 8.78 Å². The predicted molar refractivity (Wildman–Crippen MR) is 391 cm³/mol. The van der Waals surface area contributed by atoms with Crippen molar-refractivity contribution in [3.8, 4) is 33.4 Å². The summed E-state index contributed by atoms with van der Waals surface area (Å²) < 4.78 is 49.1. The molecule has 0 N–H and O–H groups in total. The van der Waals surface area contributed by atoms with Gasteiger partial charge in [-0.3, -0.25) is 0 Å². The summed E-state index contributed by atoms with van der Waals surface area (Å²) in [6.45, 7) is 13.4. The smallest absolute Gasteiger partial charge is 0.145 e. The zero-order valence-electron chi connectivity index (χ0n) is 53.7. The number of furan rings is 2. The van der Waals surface area contributed by atoms with Gasteiger partial charge in [0.1, 0.15) is 34.0 Å². The molecule has 0 saturated heterocycles. The number of nitrogens with zero attached hydrogens (tertiary/aromatic N) is 2. The molecule has 6 heteroatoms. The van der Waals surface area contributed by atoms with Gasteiger partial charge in [-0.1, -0.05) is 236 Å². The van der Waals surface area contributed by atoms with Gasteiger partial charge >= 0.3 is 0 Å². The number of rotatable bonds is 10. The lowest BCUT2D eigenvalue weighted by Crippen LogP contribution is -2.29. The molecule has 458 valence electrons. The van der Waals surface area contributed by atoms with Gasteiger partial charge in [-0.05, 0) is 185 Å². The molecule has 95 heavy (non-hydrogen) atoms. The molecule has 0 unspecified atom stereocenters. The van der Waals surface area contributed by atoms with Gasteiger partial charge in [0.2, 0.25) is 0 Å². The Hall–Kier alpha value is -11.3. The molecule has 2 heterocycles. The second kappa shape index (κ2) is 21.9. The summed E-state index contributed by atoms with van der Waals surface area (Å²) in [6.07, 6.45) is 0. The Kier molecular flexibility index (Phi) is 13.3. The zero-order valence-corrected chi connectivity index (χ0v) is 53.7. The van der Waals surface area contributed by atoms with Crippen LogP contribution in [0.3, 0.4) is 0 Å². The average molecular weight is 1230 g/mol. The van der Waals surface area contributed by atoms with Crippen LogP contribution in [-0.4, -0.2) is 0 Å². The molecule has 0 saturated carbocycles. The molecule has 0 bridgehead atoms. The molecule has 0 radical (unpaired) electrons. The number of anilines is 6. The lowest BCUT2D eigenvalue weighted by Gasteiger charge is -2.36. The van der Waals surface area contributed by atoms with Gasteiger partial charge in [-0.15, -0.1) is 0 Å². The minimum Gasteiger partial charge on any atom is -0.455 e. The number of halogens is 2. The maximum Gasteiger partial charge on any atom is 0.145 e. The molecule has 0 aliphatic heterocycles. The van der Waals surface area contributed by atoms with E-state index in [4.69, 9.17) is 8.83 Å². The lowest BCUT2D eigenvalue weighted by molar-refractivity contribution is 0.590. The van der Waals surface area contributed by atoms with Gasteiger partial charge in [0.25, 0.3) is 0 Å². The summed E-state index contributed by atoms with van der Waals surface area (Å²) in [4.78, 5) is 4.67. The van der Waals surface area contributed by atoms with E-state index in [1.165, 1.54) is 44.8 Å². The average Bonchev–Trinajstić information content (AvgIpc) is 1.50. The molecule has 16 aromatic rings. The minimum absolute atomic E-state index is 0.125. The van der Waals surface area contributed by atoms with Gasteiger partial charge in [-0.25, -0.2) is 8.78 Å². The fraction of sp³-hybridized carbons (Fsp3) is 0.101. The SMILES string of the molecule is CC(C)(C)c1ccc(N(c2ccc(-c3cccc4ccccc34)cc2)c2cc3c(c4oc5ccccc5c24)-c2c(cc(N(c4ccc(-c5cccc6ccccc56)cc4)c4ccc(C(C)(C)C)cc4)c4c2oc2ccccc24)C3(c2cccc(F)c2)c2cccc(F)c2)cc1. The summed E-state index contributed by atoms with van der Waals surface area (Å²) in [5.74, 6) is -0.857. The molecule has 0 fully saturated rings.